The number of benzene rings is 2. The number of anilines is 1. The van der Waals surface area contributed by atoms with E-state index < -0.39 is 0 Å². The van der Waals surface area contributed by atoms with E-state index in [4.69, 9.17) is 19.9 Å². The predicted molar refractivity (Wildman–Crippen MR) is 123 cm³/mol. The van der Waals surface area contributed by atoms with Gasteiger partial charge in [-0.05, 0) is 37.5 Å². The van der Waals surface area contributed by atoms with Crippen LogP contribution >= 0.6 is 0 Å². The summed E-state index contributed by atoms with van der Waals surface area (Å²) in [6.07, 6.45) is 2.66. The number of rotatable bonds is 6. The molecule has 0 radical (unpaired) electrons. The Hall–Kier alpha value is -2.77. The van der Waals surface area contributed by atoms with Gasteiger partial charge < -0.3 is 30.6 Å². The third kappa shape index (κ3) is 5.68. The maximum Gasteiger partial charge on any atom is 0.193 e. The van der Waals surface area contributed by atoms with Crippen LogP contribution in [0.4, 0.5) is 5.69 Å². The second-order valence-corrected chi connectivity index (χ2v) is 8.21. The number of nitrogens with two attached hydrogens (primary N) is 1. The zero-order valence-electron chi connectivity index (χ0n) is 18.1. The highest BCUT2D eigenvalue weighted by Crippen LogP contribution is 2.32. The van der Waals surface area contributed by atoms with Crippen LogP contribution < -0.4 is 25.8 Å². The SMILES string of the molecule is CC(NC1(CN=C(N)Nc2ccc3c(c2)OCCCO3)CCOCC1)c1ccccc1. The van der Waals surface area contributed by atoms with Gasteiger partial charge in [0.1, 0.15) is 0 Å². The molecule has 0 bridgehead atoms. The lowest BCUT2D eigenvalue weighted by atomic mass is 9.88. The minimum atomic E-state index is -0.148. The van der Waals surface area contributed by atoms with Crippen LogP contribution in [0.1, 0.15) is 37.8 Å². The van der Waals surface area contributed by atoms with E-state index in [1.165, 1.54) is 5.56 Å². The van der Waals surface area contributed by atoms with E-state index in [2.05, 4.69) is 46.8 Å². The standard InChI is InChI=1S/C24H32N4O3/c1-18(19-6-3-2-4-7-19)28-24(10-14-29-15-11-24)17-26-23(25)27-20-8-9-21-22(16-20)31-13-5-12-30-21/h2-4,6-9,16,18,28H,5,10-15,17H2,1H3,(H3,25,26,27). The van der Waals surface area contributed by atoms with Gasteiger partial charge >= 0.3 is 0 Å². The number of ether oxygens (including phenoxy) is 3. The van der Waals surface area contributed by atoms with Crippen molar-refractivity contribution in [3.8, 4) is 11.5 Å². The Kier molecular flexibility index (Phi) is 6.94. The van der Waals surface area contributed by atoms with E-state index in [1.54, 1.807) is 0 Å². The van der Waals surface area contributed by atoms with E-state index in [0.717, 1.165) is 49.7 Å². The maximum atomic E-state index is 6.24. The van der Waals surface area contributed by atoms with Crippen LogP contribution in [-0.4, -0.2) is 44.5 Å². The summed E-state index contributed by atoms with van der Waals surface area (Å²) in [5, 5.41) is 7.00. The van der Waals surface area contributed by atoms with Crippen LogP contribution in [0.2, 0.25) is 0 Å². The summed E-state index contributed by atoms with van der Waals surface area (Å²) in [4.78, 5) is 4.69. The molecule has 2 aliphatic rings. The third-order valence-electron chi connectivity index (χ3n) is 5.84. The molecule has 0 aromatic heterocycles. The topological polar surface area (TPSA) is 90.1 Å². The molecule has 2 aromatic rings. The van der Waals surface area contributed by atoms with Gasteiger partial charge in [-0.25, -0.2) is 0 Å². The van der Waals surface area contributed by atoms with Crippen molar-refractivity contribution in [1.29, 1.82) is 0 Å². The molecule has 0 aliphatic carbocycles. The molecule has 2 heterocycles. The number of aliphatic imine (C=N–C) groups is 1. The van der Waals surface area contributed by atoms with Gasteiger partial charge in [-0.3, -0.25) is 4.99 Å². The molecular weight excluding hydrogens is 392 g/mol. The molecule has 166 valence electrons. The van der Waals surface area contributed by atoms with Crippen LogP contribution in [0.15, 0.2) is 53.5 Å². The molecule has 7 nitrogen and oxygen atoms in total. The fourth-order valence-electron chi connectivity index (χ4n) is 4.06. The lowest BCUT2D eigenvalue weighted by Crippen LogP contribution is -2.53. The normalized spacial score (nSPS) is 19.3. The van der Waals surface area contributed by atoms with E-state index in [-0.39, 0.29) is 11.6 Å². The van der Waals surface area contributed by atoms with Crippen LogP contribution in [-0.2, 0) is 4.74 Å². The van der Waals surface area contributed by atoms with Crippen molar-refractivity contribution < 1.29 is 14.2 Å². The van der Waals surface area contributed by atoms with E-state index in [0.29, 0.717) is 25.7 Å². The van der Waals surface area contributed by atoms with Crippen molar-refractivity contribution in [3.05, 3.63) is 54.1 Å². The fraction of sp³-hybridized carbons (Fsp3) is 0.458. The average Bonchev–Trinajstić information content (AvgIpc) is 3.04. The van der Waals surface area contributed by atoms with Crippen LogP contribution in [0.25, 0.3) is 0 Å². The molecule has 1 saturated heterocycles. The molecule has 0 amide bonds. The summed E-state index contributed by atoms with van der Waals surface area (Å²) in [6, 6.07) is 16.4. The highest BCUT2D eigenvalue weighted by atomic mass is 16.5. The van der Waals surface area contributed by atoms with E-state index in [1.807, 2.05) is 24.3 Å². The van der Waals surface area contributed by atoms with Gasteiger partial charge in [-0.2, -0.15) is 0 Å². The second-order valence-electron chi connectivity index (χ2n) is 8.21. The number of fused-ring (bicyclic) bond motifs is 1. The number of hydrogen-bond donors (Lipinski definition) is 3. The van der Waals surface area contributed by atoms with E-state index in [9.17, 15) is 0 Å². The number of nitrogens with one attached hydrogen (secondary N) is 2. The Morgan fingerprint density at radius 2 is 1.77 bits per heavy atom. The Balaban J connectivity index is 1.43. The van der Waals surface area contributed by atoms with Crippen molar-refractivity contribution in [2.45, 2.75) is 37.8 Å². The molecule has 1 fully saturated rings. The summed E-state index contributed by atoms with van der Waals surface area (Å²) in [5.41, 5.74) is 8.18. The van der Waals surface area contributed by atoms with Gasteiger partial charge in [-0.15, -0.1) is 0 Å². The number of guanidine groups is 1. The lowest BCUT2D eigenvalue weighted by Gasteiger charge is -2.39. The van der Waals surface area contributed by atoms with Gasteiger partial charge in [0, 0.05) is 43.0 Å². The Morgan fingerprint density at radius 3 is 2.55 bits per heavy atom. The zero-order valence-corrected chi connectivity index (χ0v) is 18.1. The summed E-state index contributed by atoms with van der Waals surface area (Å²) in [7, 11) is 0. The van der Waals surface area contributed by atoms with Gasteiger partial charge in [0.05, 0.1) is 19.8 Å². The maximum absolute atomic E-state index is 6.24. The molecule has 2 aliphatic heterocycles. The lowest BCUT2D eigenvalue weighted by molar-refractivity contribution is 0.0375. The Bertz CT molecular complexity index is 882. The number of nitrogens with zero attached hydrogens (tertiary/aromatic N) is 1. The molecular formula is C24H32N4O3. The highest BCUT2D eigenvalue weighted by molar-refractivity contribution is 5.92. The van der Waals surface area contributed by atoms with Crippen molar-refractivity contribution in [2.24, 2.45) is 10.7 Å². The van der Waals surface area contributed by atoms with Gasteiger partial charge in [0.15, 0.2) is 17.5 Å². The molecule has 0 spiro atoms. The smallest absolute Gasteiger partial charge is 0.193 e. The number of hydrogen-bond acceptors (Lipinski definition) is 5. The van der Waals surface area contributed by atoms with E-state index >= 15 is 0 Å². The zero-order chi connectivity index (χ0) is 21.5. The molecule has 4 rings (SSSR count). The fourth-order valence-corrected chi connectivity index (χ4v) is 4.06. The summed E-state index contributed by atoms with van der Waals surface area (Å²) >= 11 is 0. The van der Waals surface area contributed by atoms with Crippen LogP contribution in [0.3, 0.4) is 0 Å². The van der Waals surface area contributed by atoms with Crippen molar-refractivity contribution in [2.75, 3.05) is 38.3 Å². The molecule has 4 N–H and O–H groups in total. The highest BCUT2D eigenvalue weighted by Gasteiger charge is 2.33. The molecule has 0 saturated carbocycles. The summed E-state index contributed by atoms with van der Waals surface area (Å²) in [5.74, 6) is 1.88. The first-order valence-corrected chi connectivity index (χ1v) is 11.0. The van der Waals surface area contributed by atoms with Gasteiger partial charge in [-0.1, -0.05) is 30.3 Å². The largest absolute Gasteiger partial charge is 0.490 e. The summed E-state index contributed by atoms with van der Waals surface area (Å²) < 4.78 is 17.1. The first-order valence-electron chi connectivity index (χ1n) is 11.0. The van der Waals surface area contributed by atoms with Gasteiger partial charge in [0.25, 0.3) is 0 Å². The quantitative estimate of drug-likeness (QED) is 0.486. The van der Waals surface area contributed by atoms with Crippen LogP contribution in [0, 0.1) is 0 Å². The van der Waals surface area contributed by atoms with Gasteiger partial charge in [0.2, 0.25) is 0 Å². The van der Waals surface area contributed by atoms with Crippen molar-refractivity contribution >= 4 is 11.6 Å². The first-order chi connectivity index (χ1) is 15.1. The second kappa shape index (κ2) is 10.0. The predicted octanol–water partition coefficient (Wildman–Crippen LogP) is 3.47. The minimum absolute atomic E-state index is 0.148. The van der Waals surface area contributed by atoms with Crippen molar-refractivity contribution in [3.63, 3.8) is 0 Å². The minimum Gasteiger partial charge on any atom is -0.490 e. The third-order valence-corrected chi connectivity index (χ3v) is 5.84. The monoisotopic (exact) mass is 424 g/mol. The average molecular weight is 425 g/mol. The molecule has 2 aromatic carbocycles. The molecule has 7 heteroatoms. The van der Waals surface area contributed by atoms with Crippen LogP contribution in [0.5, 0.6) is 11.5 Å². The Labute approximate surface area is 184 Å². The molecule has 31 heavy (non-hydrogen) atoms. The van der Waals surface area contributed by atoms with Crippen molar-refractivity contribution in [1.82, 2.24) is 5.32 Å². The first kappa shape index (κ1) is 21.5. The summed E-state index contributed by atoms with van der Waals surface area (Å²) in [6.45, 7) is 5.53. The molecule has 1 atom stereocenters. The molecule has 1 unspecified atom stereocenters. The Morgan fingerprint density at radius 1 is 1.03 bits per heavy atom.